The first-order chi connectivity index (χ1) is 16.3. The normalized spacial score (nSPS) is 18.1. The number of piperidine rings is 1. The third-order valence-corrected chi connectivity index (χ3v) is 6.46. The standard InChI is InChI=1S/C28H30FN3O2/c1-18-13-23(27(33)31-16-24-9-6-7-11-30-24)14-19(2)26(18)32-17-21(12-20(3)28(32)34)15-22-8-4-5-10-25(22)29/h4-11,13-14,20-21H,12,15-17H2,1-3H3,(H,31,33)/t20-,21-/m1/s1. The molecule has 0 aliphatic carbocycles. The minimum Gasteiger partial charge on any atom is -0.346 e. The number of anilines is 1. The van der Waals surface area contributed by atoms with Crippen LogP contribution in [0.15, 0.2) is 60.8 Å². The number of halogens is 1. The molecule has 3 aromatic rings. The number of nitrogens with one attached hydrogen (secondary N) is 1. The molecule has 0 unspecified atom stereocenters. The first-order valence-electron chi connectivity index (χ1n) is 11.7. The largest absolute Gasteiger partial charge is 0.346 e. The predicted octanol–water partition coefficient (Wildman–Crippen LogP) is 5.00. The monoisotopic (exact) mass is 459 g/mol. The molecule has 0 saturated carbocycles. The molecule has 4 rings (SSSR count). The van der Waals surface area contributed by atoms with E-state index in [2.05, 4.69) is 10.3 Å². The number of nitrogens with zero attached hydrogens (tertiary/aromatic N) is 2. The third kappa shape index (κ3) is 5.16. The molecule has 1 fully saturated rings. The second-order valence-electron chi connectivity index (χ2n) is 9.21. The molecule has 2 atom stereocenters. The molecule has 1 aliphatic rings. The number of carbonyl (C=O) groups excluding carboxylic acids is 2. The van der Waals surface area contributed by atoms with Gasteiger partial charge in [0.05, 0.1) is 12.2 Å². The summed E-state index contributed by atoms with van der Waals surface area (Å²) in [6.45, 7) is 6.67. The highest BCUT2D eigenvalue weighted by Gasteiger charge is 2.34. The Labute approximate surface area is 200 Å². The zero-order chi connectivity index (χ0) is 24.2. The Morgan fingerprint density at radius 1 is 1.12 bits per heavy atom. The van der Waals surface area contributed by atoms with Crippen LogP contribution in [-0.4, -0.2) is 23.3 Å². The summed E-state index contributed by atoms with van der Waals surface area (Å²) in [7, 11) is 0. The number of hydrogen-bond acceptors (Lipinski definition) is 3. The van der Waals surface area contributed by atoms with Gasteiger partial charge in [0.15, 0.2) is 0 Å². The first-order valence-corrected chi connectivity index (χ1v) is 11.7. The highest BCUT2D eigenvalue weighted by atomic mass is 19.1. The minimum atomic E-state index is -0.202. The maximum absolute atomic E-state index is 14.2. The van der Waals surface area contributed by atoms with E-state index in [0.717, 1.165) is 28.9 Å². The minimum absolute atomic E-state index is 0.0725. The number of benzene rings is 2. The quantitative estimate of drug-likeness (QED) is 0.564. The van der Waals surface area contributed by atoms with Crippen molar-refractivity contribution in [2.75, 3.05) is 11.4 Å². The van der Waals surface area contributed by atoms with Gasteiger partial charge in [-0.1, -0.05) is 31.2 Å². The van der Waals surface area contributed by atoms with Gasteiger partial charge in [0.2, 0.25) is 5.91 Å². The number of aryl methyl sites for hydroxylation is 2. The summed E-state index contributed by atoms with van der Waals surface area (Å²) in [6.07, 6.45) is 3.02. The zero-order valence-corrected chi connectivity index (χ0v) is 19.8. The van der Waals surface area contributed by atoms with Crippen molar-refractivity contribution in [3.8, 4) is 0 Å². The molecule has 2 aromatic carbocycles. The number of carbonyl (C=O) groups is 2. The van der Waals surface area contributed by atoms with Crippen molar-refractivity contribution in [3.63, 3.8) is 0 Å². The summed E-state index contributed by atoms with van der Waals surface area (Å²) in [5, 5.41) is 2.91. The second-order valence-corrected chi connectivity index (χ2v) is 9.21. The van der Waals surface area contributed by atoms with Crippen molar-refractivity contribution >= 4 is 17.5 Å². The molecule has 5 nitrogen and oxygen atoms in total. The third-order valence-electron chi connectivity index (χ3n) is 6.46. The number of pyridine rings is 1. The molecular weight excluding hydrogens is 429 g/mol. The smallest absolute Gasteiger partial charge is 0.251 e. The Morgan fingerprint density at radius 2 is 1.82 bits per heavy atom. The van der Waals surface area contributed by atoms with Gasteiger partial charge in [0.25, 0.3) is 5.91 Å². The summed E-state index contributed by atoms with van der Waals surface area (Å²) in [4.78, 5) is 32.0. The Kier molecular flexibility index (Phi) is 7.06. The average Bonchev–Trinajstić information content (AvgIpc) is 2.82. The van der Waals surface area contributed by atoms with E-state index < -0.39 is 0 Å². The van der Waals surface area contributed by atoms with Crippen LogP contribution < -0.4 is 10.2 Å². The lowest BCUT2D eigenvalue weighted by atomic mass is 9.84. The number of aromatic nitrogens is 1. The molecule has 0 spiro atoms. The fourth-order valence-corrected chi connectivity index (χ4v) is 4.90. The molecule has 2 amide bonds. The van der Waals surface area contributed by atoms with Crippen LogP contribution in [0.1, 0.15) is 46.1 Å². The van der Waals surface area contributed by atoms with E-state index in [1.165, 1.54) is 6.07 Å². The molecule has 1 N–H and O–H groups in total. The molecule has 0 radical (unpaired) electrons. The SMILES string of the molecule is Cc1cc(C(=O)NCc2ccccn2)cc(C)c1N1C[C@@H](Cc2ccccc2F)C[C@@H](C)C1=O. The maximum atomic E-state index is 14.2. The van der Waals surface area contributed by atoms with Crippen LogP contribution in [0.25, 0.3) is 0 Å². The van der Waals surface area contributed by atoms with Gasteiger partial charge in [-0.15, -0.1) is 0 Å². The molecule has 0 bridgehead atoms. The fraction of sp³-hybridized carbons (Fsp3) is 0.321. The molecule has 1 saturated heterocycles. The van der Waals surface area contributed by atoms with Gasteiger partial charge in [-0.3, -0.25) is 14.6 Å². The predicted molar refractivity (Wildman–Crippen MR) is 131 cm³/mol. The Morgan fingerprint density at radius 3 is 2.50 bits per heavy atom. The highest BCUT2D eigenvalue weighted by molar-refractivity contribution is 5.99. The van der Waals surface area contributed by atoms with E-state index in [4.69, 9.17) is 0 Å². The van der Waals surface area contributed by atoms with Crippen LogP contribution in [0.2, 0.25) is 0 Å². The lowest BCUT2D eigenvalue weighted by molar-refractivity contribution is -0.124. The van der Waals surface area contributed by atoms with E-state index in [0.29, 0.717) is 30.6 Å². The molecule has 1 aliphatic heterocycles. The van der Waals surface area contributed by atoms with E-state index in [9.17, 15) is 14.0 Å². The highest BCUT2D eigenvalue weighted by Crippen LogP contribution is 2.34. The van der Waals surface area contributed by atoms with Gasteiger partial charge < -0.3 is 10.2 Å². The molecule has 176 valence electrons. The van der Waals surface area contributed by atoms with Gasteiger partial charge in [-0.05, 0) is 79.6 Å². The number of rotatable bonds is 6. The summed E-state index contributed by atoms with van der Waals surface area (Å²) in [5.74, 6) is -0.301. The summed E-state index contributed by atoms with van der Waals surface area (Å²) in [5.41, 5.74) is 4.61. The van der Waals surface area contributed by atoms with Crippen molar-refractivity contribution in [2.45, 2.75) is 40.2 Å². The molecule has 6 heteroatoms. The van der Waals surface area contributed by atoms with Crippen LogP contribution in [0.3, 0.4) is 0 Å². The van der Waals surface area contributed by atoms with Crippen molar-refractivity contribution in [1.82, 2.24) is 10.3 Å². The Bertz CT molecular complexity index is 1170. The van der Waals surface area contributed by atoms with Crippen molar-refractivity contribution in [1.29, 1.82) is 0 Å². The zero-order valence-electron chi connectivity index (χ0n) is 19.8. The summed E-state index contributed by atoms with van der Waals surface area (Å²) >= 11 is 0. The van der Waals surface area contributed by atoms with Crippen LogP contribution in [0.5, 0.6) is 0 Å². The molecular formula is C28H30FN3O2. The molecule has 1 aromatic heterocycles. The van der Waals surface area contributed by atoms with Crippen LogP contribution in [-0.2, 0) is 17.8 Å². The van der Waals surface area contributed by atoms with Gasteiger partial charge in [0, 0.05) is 29.9 Å². The van der Waals surface area contributed by atoms with Crippen LogP contribution >= 0.6 is 0 Å². The molecule has 34 heavy (non-hydrogen) atoms. The Hall–Kier alpha value is -3.54. The van der Waals surface area contributed by atoms with E-state index in [1.807, 2.05) is 68.1 Å². The second kappa shape index (κ2) is 10.2. The van der Waals surface area contributed by atoms with Crippen LogP contribution in [0.4, 0.5) is 10.1 Å². The molecule has 2 heterocycles. The lowest BCUT2D eigenvalue weighted by Gasteiger charge is -2.38. The summed E-state index contributed by atoms with van der Waals surface area (Å²) in [6, 6.07) is 16.1. The van der Waals surface area contributed by atoms with Gasteiger partial charge in [-0.25, -0.2) is 4.39 Å². The van der Waals surface area contributed by atoms with E-state index in [-0.39, 0.29) is 29.5 Å². The van der Waals surface area contributed by atoms with Crippen molar-refractivity contribution in [3.05, 3.63) is 94.6 Å². The van der Waals surface area contributed by atoms with Gasteiger partial charge in [0.1, 0.15) is 5.82 Å². The van der Waals surface area contributed by atoms with Crippen LogP contribution in [0, 0.1) is 31.5 Å². The van der Waals surface area contributed by atoms with Gasteiger partial charge in [-0.2, -0.15) is 0 Å². The fourth-order valence-electron chi connectivity index (χ4n) is 4.90. The van der Waals surface area contributed by atoms with E-state index in [1.54, 1.807) is 12.3 Å². The van der Waals surface area contributed by atoms with E-state index >= 15 is 0 Å². The van der Waals surface area contributed by atoms with Crippen molar-refractivity contribution < 1.29 is 14.0 Å². The maximum Gasteiger partial charge on any atom is 0.251 e. The number of amides is 2. The average molecular weight is 460 g/mol. The Balaban J connectivity index is 1.53. The van der Waals surface area contributed by atoms with Gasteiger partial charge >= 0.3 is 0 Å². The lowest BCUT2D eigenvalue weighted by Crippen LogP contribution is -2.46. The first kappa shape index (κ1) is 23.6. The van der Waals surface area contributed by atoms with Crippen molar-refractivity contribution in [2.24, 2.45) is 11.8 Å². The number of hydrogen-bond donors (Lipinski definition) is 1. The topological polar surface area (TPSA) is 62.3 Å². The summed E-state index contributed by atoms with van der Waals surface area (Å²) < 4.78 is 14.2.